The number of rotatable bonds is 6. The minimum Gasteiger partial charge on any atom is -0.493 e. The van der Waals surface area contributed by atoms with Crippen LogP contribution in [-0.4, -0.2) is 35.9 Å². The van der Waals surface area contributed by atoms with Gasteiger partial charge in [-0.1, -0.05) is 17.7 Å². The molecule has 0 bridgehead atoms. The van der Waals surface area contributed by atoms with E-state index in [2.05, 4.69) is 26.2 Å². The average molecular weight is 498 g/mol. The average Bonchev–Trinajstić information content (AvgIpc) is 2.99. The Hall–Kier alpha value is -2.49. The number of carboxylic acid groups (broad SMARTS) is 1. The van der Waals surface area contributed by atoms with Gasteiger partial charge < -0.3 is 19.9 Å². The van der Waals surface area contributed by atoms with Gasteiger partial charge in [-0.2, -0.15) is 0 Å². The number of nitrogens with zero attached hydrogens (tertiary/aromatic N) is 1. The second-order valence-electron chi connectivity index (χ2n) is 5.68. The molecule has 7 nitrogen and oxygen atoms in total. The molecule has 2 N–H and O–H groups in total. The zero-order chi connectivity index (χ0) is 21.0. The molecule has 2 aromatic rings. The van der Waals surface area contributed by atoms with Crippen molar-refractivity contribution in [2.75, 3.05) is 13.7 Å². The van der Waals surface area contributed by atoms with Crippen LogP contribution < -0.4 is 14.8 Å². The molecule has 0 unspecified atom stereocenters. The lowest BCUT2D eigenvalue weighted by molar-refractivity contribution is -0.139. The van der Waals surface area contributed by atoms with E-state index in [-0.39, 0.29) is 11.7 Å². The summed E-state index contributed by atoms with van der Waals surface area (Å²) in [7, 11) is 1.44. The second kappa shape index (κ2) is 9.34. The first-order valence-electron chi connectivity index (χ1n) is 8.13. The second-order valence-corrected chi connectivity index (χ2v) is 8.00. The number of carbonyl (C=O) groups is 2. The van der Waals surface area contributed by atoms with Crippen LogP contribution in [0.15, 0.2) is 50.8 Å². The third-order valence-corrected chi connectivity index (χ3v) is 5.31. The van der Waals surface area contributed by atoms with Crippen LogP contribution in [0.2, 0.25) is 5.02 Å². The van der Waals surface area contributed by atoms with Crippen LogP contribution in [0.3, 0.4) is 0 Å². The fourth-order valence-corrected chi connectivity index (χ4v) is 3.99. The number of hydrogen-bond acceptors (Lipinski definition) is 6. The maximum absolute atomic E-state index is 12.3. The number of hydrogen-bond donors (Lipinski definition) is 2. The van der Waals surface area contributed by atoms with Gasteiger partial charge in [-0.25, -0.2) is 9.79 Å². The summed E-state index contributed by atoms with van der Waals surface area (Å²) < 4.78 is 11.0. The fourth-order valence-electron chi connectivity index (χ4n) is 2.39. The van der Waals surface area contributed by atoms with E-state index >= 15 is 0 Å². The largest absolute Gasteiger partial charge is 0.493 e. The van der Waals surface area contributed by atoms with Gasteiger partial charge in [0.2, 0.25) is 0 Å². The molecule has 0 spiro atoms. The highest BCUT2D eigenvalue weighted by molar-refractivity contribution is 9.10. The van der Waals surface area contributed by atoms with Crippen molar-refractivity contribution in [3.63, 3.8) is 0 Å². The predicted molar refractivity (Wildman–Crippen MR) is 116 cm³/mol. The lowest BCUT2D eigenvalue weighted by Gasteiger charge is -2.12. The third-order valence-electron chi connectivity index (χ3n) is 3.58. The van der Waals surface area contributed by atoms with E-state index in [1.165, 1.54) is 18.9 Å². The molecule has 0 radical (unpaired) electrons. The number of carboxylic acids is 1. The molecule has 1 saturated heterocycles. The standard InChI is InChI=1S/C19H14BrClN2O5S/c1-27-14-6-10(5-13(20)17(14)28-9-16(24)25)7-15-18(26)23-19(29-15)22-12-4-2-3-11(21)8-12/h2-8H,9H2,1H3,(H,24,25)(H,22,23,26)/b15-7+. The van der Waals surface area contributed by atoms with Gasteiger partial charge in [0.1, 0.15) is 0 Å². The molecule has 1 amide bonds. The maximum Gasteiger partial charge on any atom is 0.341 e. The fraction of sp³-hybridized carbons (Fsp3) is 0.105. The van der Waals surface area contributed by atoms with E-state index in [1.807, 2.05) is 0 Å². The first-order chi connectivity index (χ1) is 13.9. The van der Waals surface area contributed by atoms with Crippen LogP contribution >= 0.6 is 39.3 Å². The van der Waals surface area contributed by atoms with Gasteiger partial charge in [0.05, 0.1) is 22.2 Å². The van der Waals surface area contributed by atoms with Crippen LogP contribution in [-0.2, 0) is 9.59 Å². The molecule has 0 atom stereocenters. The zero-order valence-corrected chi connectivity index (χ0v) is 18.1. The molecule has 0 aromatic heterocycles. The first kappa shape index (κ1) is 21.2. The Labute approximate surface area is 183 Å². The lowest BCUT2D eigenvalue weighted by Crippen LogP contribution is -2.19. The topological polar surface area (TPSA) is 97.2 Å². The minimum absolute atomic E-state index is 0.267. The highest BCUT2D eigenvalue weighted by Crippen LogP contribution is 2.38. The Kier molecular flexibility index (Phi) is 6.83. The number of aliphatic carboxylic acids is 1. The first-order valence-corrected chi connectivity index (χ1v) is 10.1. The van der Waals surface area contributed by atoms with Crippen molar-refractivity contribution >= 4 is 68.1 Å². The van der Waals surface area contributed by atoms with E-state index in [9.17, 15) is 9.59 Å². The number of benzene rings is 2. The highest BCUT2D eigenvalue weighted by Gasteiger charge is 2.24. The van der Waals surface area contributed by atoms with Crippen LogP contribution in [0.1, 0.15) is 5.56 Å². The molecular weight excluding hydrogens is 484 g/mol. The summed E-state index contributed by atoms with van der Waals surface area (Å²) in [5.41, 5.74) is 1.30. The van der Waals surface area contributed by atoms with Crippen molar-refractivity contribution in [2.45, 2.75) is 0 Å². The van der Waals surface area contributed by atoms with Gasteiger partial charge >= 0.3 is 5.97 Å². The molecule has 10 heteroatoms. The van der Waals surface area contributed by atoms with Gasteiger partial charge in [0.25, 0.3) is 5.91 Å². The van der Waals surface area contributed by atoms with Crippen LogP contribution in [0.25, 0.3) is 6.08 Å². The molecule has 1 heterocycles. The Morgan fingerprint density at radius 1 is 1.38 bits per heavy atom. The van der Waals surface area contributed by atoms with Crippen molar-refractivity contribution in [1.82, 2.24) is 5.32 Å². The zero-order valence-electron chi connectivity index (χ0n) is 14.9. The summed E-state index contributed by atoms with van der Waals surface area (Å²) >= 11 is 10.5. The summed E-state index contributed by atoms with van der Waals surface area (Å²) in [6, 6.07) is 10.3. The predicted octanol–water partition coefficient (Wildman–Crippen LogP) is 4.47. The molecule has 0 aliphatic carbocycles. The van der Waals surface area contributed by atoms with Crippen molar-refractivity contribution in [1.29, 1.82) is 0 Å². The smallest absolute Gasteiger partial charge is 0.341 e. The monoisotopic (exact) mass is 496 g/mol. The normalized spacial score (nSPS) is 16.2. The molecule has 1 aliphatic rings. The Balaban J connectivity index is 1.85. The number of halogens is 2. The molecule has 150 valence electrons. The minimum atomic E-state index is -1.10. The summed E-state index contributed by atoms with van der Waals surface area (Å²) in [4.78, 5) is 27.9. The van der Waals surface area contributed by atoms with Gasteiger partial charge in [-0.15, -0.1) is 0 Å². The number of aliphatic imine (C=N–C) groups is 1. The van der Waals surface area contributed by atoms with Crippen molar-refractivity contribution in [3.8, 4) is 11.5 Å². The SMILES string of the molecule is COc1cc(/C=C2/SC(=Nc3cccc(Cl)c3)NC2=O)cc(Br)c1OCC(=O)O. The summed E-state index contributed by atoms with van der Waals surface area (Å²) in [6.07, 6.45) is 1.68. The number of methoxy groups -OCH3 is 1. The summed E-state index contributed by atoms with van der Waals surface area (Å²) in [5, 5.41) is 12.5. The van der Waals surface area contributed by atoms with E-state index in [0.29, 0.717) is 36.6 Å². The Bertz CT molecular complexity index is 1040. The summed E-state index contributed by atoms with van der Waals surface area (Å²) in [6.45, 7) is -0.503. The molecule has 2 aromatic carbocycles. The maximum atomic E-state index is 12.3. The molecule has 1 fully saturated rings. The molecular formula is C19H14BrClN2O5S. The number of nitrogens with one attached hydrogen (secondary N) is 1. The summed E-state index contributed by atoms with van der Waals surface area (Å²) in [5.74, 6) is -0.778. The van der Waals surface area contributed by atoms with Gasteiger partial charge in [-0.05, 0) is 69.7 Å². The van der Waals surface area contributed by atoms with Crippen LogP contribution in [0.5, 0.6) is 11.5 Å². The van der Waals surface area contributed by atoms with E-state index in [0.717, 1.165) is 0 Å². The number of carbonyl (C=O) groups excluding carboxylic acids is 1. The van der Waals surface area contributed by atoms with Crippen LogP contribution in [0, 0.1) is 0 Å². The van der Waals surface area contributed by atoms with E-state index in [4.69, 9.17) is 26.2 Å². The Morgan fingerprint density at radius 3 is 2.86 bits per heavy atom. The van der Waals surface area contributed by atoms with Gasteiger partial charge in [0.15, 0.2) is 23.3 Å². The van der Waals surface area contributed by atoms with Crippen molar-refractivity contribution in [2.24, 2.45) is 4.99 Å². The van der Waals surface area contributed by atoms with E-state index < -0.39 is 12.6 Å². The molecule has 0 saturated carbocycles. The number of amides is 1. The van der Waals surface area contributed by atoms with E-state index in [1.54, 1.807) is 42.5 Å². The van der Waals surface area contributed by atoms with Crippen molar-refractivity contribution < 1.29 is 24.2 Å². The van der Waals surface area contributed by atoms with Crippen LogP contribution in [0.4, 0.5) is 5.69 Å². The Morgan fingerprint density at radius 2 is 2.17 bits per heavy atom. The third kappa shape index (κ3) is 5.53. The molecule has 1 aliphatic heterocycles. The van der Waals surface area contributed by atoms with Gasteiger partial charge in [-0.3, -0.25) is 4.79 Å². The number of amidine groups is 1. The van der Waals surface area contributed by atoms with Crippen molar-refractivity contribution in [3.05, 3.63) is 56.4 Å². The van der Waals surface area contributed by atoms with Gasteiger partial charge in [0, 0.05) is 5.02 Å². The molecule has 3 rings (SSSR count). The number of thioether (sulfide) groups is 1. The quantitative estimate of drug-likeness (QED) is 0.572. The molecule has 29 heavy (non-hydrogen) atoms. The highest BCUT2D eigenvalue weighted by atomic mass is 79.9. The number of ether oxygens (including phenoxy) is 2. The lowest BCUT2D eigenvalue weighted by atomic mass is 10.2.